The lowest BCUT2D eigenvalue weighted by Gasteiger charge is -2.18. The van der Waals surface area contributed by atoms with Gasteiger partial charge in [-0.25, -0.2) is 9.59 Å². The molecule has 7 heteroatoms. The van der Waals surface area contributed by atoms with Crippen LogP contribution in [0.2, 0.25) is 0 Å². The summed E-state index contributed by atoms with van der Waals surface area (Å²) in [6.07, 6.45) is -3.36. The third-order valence-corrected chi connectivity index (χ3v) is 2.48. The zero-order valence-corrected chi connectivity index (χ0v) is 10.2. The molecule has 19 heavy (non-hydrogen) atoms. The van der Waals surface area contributed by atoms with Gasteiger partial charge in [-0.2, -0.15) is 0 Å². The van der Waals surface area contributed by atoms with Crippen molar-refractivity contribution in [3.05, 3.63) is 29.3 Å². The van der Waals surface area contributed by atoms with Gasteiger partial charge >= 0.3 is 11.9 Å². The molecule has 2 unspecified atom stereocenters. The molecule has 0 saturated carbocycles. The maximum atomic E-state index is 11.3. The molecule has 5 N–H and O–H groups in total. The molecular formula is C12H15NO6. The lowest BCUT2D eigenvalue weighted by molar-refractivity contribution is -0.159. The molecule has 0 aliphatic heterocycles. The fraction of sp³-hybridized carbons (Fsp3) is 0.333. The molecule has 104 valence electrons. The van der Waals surface area contributed by atoms with E-state index in [1.54, 1.807) is 6.92 Å². The molecule has 0 saturated heterocycles. The lowest BCUT2D eigenvalue weighted by atomic mass is 10.0. The molecule has 1 aromatic rings. The number of carboxylic acids is 1. The van der Waals surface area contributed by atoms with Crippen molar-refractivity contribution in [3.8, 4) is 0 Å². The third kappa shape index (κ3) is 3.43. The number of aliphatic hydroxyl groups is 2. The van der Waals surface area contributed by atoms with Gasteiger partial charge in [-0.15, -0.1) is 0 Å². The number of carbonyl (C=O) groups excluding carboxylic acids is 1. The van der Waals surface area contributed by atoms with E-state index in [2.05, 4.69) is 4.74 Å². The van der Waals surface area contributed by atoms with E-state index in [1.165, 1.54) is 12.1 Å². The quantitative estimate of drug-likeness (QED) is 0.434. The second-order valence-electron chi connectivity index (χ2n) is 3.79. The molecule has 7 nitrogen and oxygen atoms in total. The van der Waals surface area contributed by atoms with Gasteiger partial charge in [-0.3, -0.25) is 0 Å². The fourth-order valence-electron chi connectivity index (χ4n) is 1.50. The highest BCUT2D eigenvalue weighted by atomic mass is 16.5. The Morgan fingerprint density at radius 3 is 2.47 bits per heavy atom. The van der Waals surface area contributed by atoms with Crippen molar-refractivity contribution in [2.75, 3.05) is 12.3 Å². The minimum absolute atomic E-state index is 0.0317. The van der Waals surface area contributed by atoms with Crippen LogP contribution in [0, 0.1) is 0 Å². The first-order valence-electron chi connectivity index (χ1n) is 5.54. The molecule has 0 heterocycles. The second kappa shape index (κ2) is 6.17. The number of anilines is 1. The van der Waals surface area contributed by atoms with Gasteiger partial charge in [0, 0.05) is 11.3 Å². The maximum Gasteiger partial charge on any atom is 0.338 e. The van der Waals surface area contributed by atoms with Crippen LogP contribution in [0.3, 0.4) is 0 Å². The van der Waals surface area contributed by atoms with Crippen molar-refractivity contribution >= 4 is 17.6 Å². The van der Waals surface area contributed by atoms with Gasteiger partial charge in [0.25, 0.3) is 0 Å². The molecule has 0 aliphatic rings. The van der Waals surface area contributed by atoms with Crippen LogP contribution in [0.15, 0.2) is 18.2 Å². The zero-order chi connectivity index (χ0) is 14.6. The molecule has 0 bridgehead atoms. The SMILES string of the molecule is CCOC(=O)C(O)C(O)c1ccc(C(=O)O)cc1N. The third-order valence-electron chi connectivity index (χ3n) is 2.48. The van der Waals surface area contributed by atoms with E-state index in [4.69, 9.17) is 10.8 Å². The van der Waals surface area contributed by atoms with Gasteiger partial charge in [-0.05, 0) is 19.1 Å². The minimum Gasteiger partial charge on any atom is -0.478 e. The van der Waals surface area contributed by atoms with Crippen LogP contribution >= 0.6 is 0 Å². The van der Waals surface area contributed by atoms with E-state index in [0.29, 0.717) is 0 Å². The number of nitrogen functional groups attached to an aromatic ring is 1. The molecule has 2 atom stereocenters. The number of ether oxygens (including phenoxy) is 1. The predicted octanol–water partition coefficient (Wildman–Crippen LogP) is -0.0756. The van der Waals surface area contributed by atoms with E-state index in [-0.39, 0.29) is 23.4 Å². The van der Waals surface area contributed by atoms with Crippen molar-refractivity contribution in [2.24, 2.45) is 0 Å². The van der Waals surface area contributed by atoms with Crippen molar-refractivity contribution in [3.63, 3.8) is 0 Å². The van der Waals surface area contributed by atoms with Gasteiger partial charge in [0.05, 0.1) is 12.2 Å². The molecule has 0 fully saturated rings. The fourth-order valence-corrected chi connectivity index (χ4v) is 1.50. The van der Waals surface area contributed by atoms with Crippen LogP contribution < -0.4 is 5.73 Å². The number of esters is 1. The molecular weight excluding hydrogens is 254 g/mol. The van der Waals surface area contributed by atoms with Crippen molar-refractivity contribution < 1.29 is 29.6 Å². The summed E-state index contributed by atoms with van der Waals surface area (Å²) >= 11 is 0. The molecule has 0 amide bonds. The number of rotatable bonds is 5. The van der Waals surface area contributed by atoms with Crippen molar-refractivity contribution in [1.82, 2.24) is 0 Å². The summed E-state index contributed by atoms with van der Waals surface area (Å²) < 4.78 is 4.56. The molecule has 1 aromatic carbocycles. The molecule has 0 spiro atoms. The lowest BCUT2D eigenvalue weighted by Crippen LogP contribution is -2.30. The highest BCUT2D eigenvalue weighted by Crippen LogP contribution is 2.25. The Balaban J connectivity index is 2.96. The Bertz CT molecular complexity index is 487. The van der Waals surface area contributed by atoms with Crippen LogP contribution in [0.4, 0.5) is 5.69 Å². The van der Waals surface area contributed by atoms with Gasteiger partial charge < -0.3 is 25.8 Å². The van der Waals surface area contributed by atoms with Crippen molar-refractivity contribution in [2.45, 2.75) is 19.1 Å². The summed E-state index contributed by atoms with van der Waals surface area (Å²) in [4.78, 5) is 22.0. The Kier molecular flexibility index (Phi) is 4.85. The number of benzene rings is 1. The Morgan fingerprint density at radius 2 is 2.00 bits per heavy atom. The number of aliphatic hydroxyl groups excluding tert-OH is 2. The first-order valence-corrected chi connectivity index (χ1v) is 5.54. The Labute approximate surface area is 109 Å². The topological polar surface area (TPSA) is 130 Å². The zero-order valence-electron chi connectivity index (χ0n) is 10.2. The summed E-state index contributed by atoms with van der Waals surface area (Å²) in [5.74, 6) is -2.14. The van der Waals surface area contributed by atoms with E-state index in [9.17, 15) is 19.8 Å². The number of hydrogen-bond donors (Lipinski definition) is 4. The van der Waals surface area contributed by atoms with E-state index >= 15 is 0 Å². The Hall–Kier alpha value is -2.12. The van der Waals surface area contributed by atoms with Crippen LogP contribution in [0.1, 0.15) is 28.9 Å². The second-order valence-corrected chi connectivity index (χ2v) is 3.79. The highest BCUT2D eigenvalue weighted by molar-refractivity contribution is 5.89. The van der Waals surface area contributed by atoms with E-state index < -0.39 is 24.1 Å². The summed E-state index contributed by atoms with van der Waals surface area (Å²) in [6, 6.07) is 3.60. The molecule has 0 radical (unpaired) electrons. The van der Waals surface area contributed by atoms with Crippen LogP contribution in [-0.4, -0.2) is 40.0 Å². The molecule has 1 rings (SSSR count). The molecule has 0 aromatic heterocycles. The van der Waals surface area contributed by atoms with Crippen LogP contribution in [-0.2, 0) is 9.53 Å². The number of carbonyl (C=O) groups is 2. The average molecular weight is 269 g/mol. The number of hydrogen-bond acceptors (Lipinski definition) is 6. The van der Waals surface area contributed by atoms with E-state index in [0.717, 1.165) is 6.07 Å². The predicted molar refractivity (Wildman–Crippen MR) is 65.4 cm³/mol. The van der Waals surface area contributed by atoms with Crippen LogP contribution in [0.25, 0.3) is 0 Å². The summed E-state index contributed by atoms with van der Waals surface area (Å²) in [5, 5.41) is 28.2. The summed E-state index contributed by atoms with van der Waals surface area (Å²) in [5.41, 5.74) is 5.56. The van der Waals surface area contributed by atoms with Gasteiger partial charge in [-0.1, -0.05) is 6.07 Å². The first kappa shape index (κ1) is 14.9. The Morgan fingerprint density at radius 1 is 1.37 bits per heavy atom. The molecule has 0 aliphatic carbocycles. The average Bonchev–Trinajstić information content (AvgIpc) is 2.37. The number of aromatic carboxylic acids is 1. The smallest absolute Gasteiger partial charge is 0.338 e. The normalized spacial score (nSPS) is 13.6. The van der Waals surface area contributed by atoms with Gasteiger partial charge in [0.2, 0.25) is 0 Å². The number of carboxylic acid groups (broad SMARTS) is 1. The summed E-state index contributed by atoms with van der Waals surface area (Å²) in [6.45, 7) is 1.63. The number of nitrogens with two attached hydrogens (primary N) is 1. The standard InChI is InChI=1S/C12H15NO6/c1-2-19-12(18)10(15)9(14)7-4-3-6(11(16)17)5-8(7)13/h3-5,9-10,14-15H,2,13H2,1H3,(H,16,17). The maximum absolute atomic E-state index is 11.3. The largest absolute Gasteiger partial charge is 0.478 e. The van der Waals surface area contributed by atoms with Crippen LogP contribution in [0.5, 0.6) is 0 Å². The highest BCUT2D eigenvalue weighted by Gasteiger charge is 2.28. The van der Waals surface area contributed by atoms with E-state index in [1.807, 2.05) is 0 Å². The first-order chi connectivity index (χ1) is 8.88. The van der Waals surface area contributed by atoms with Gasteiger partial charge in [0.1, 0.15) is 6.10 Å². The monoisotopic (exact) mass is 269 g/mol. The minimum atomic E-state index is -1.78. The van der Waals surface area contributed by atoms with Crippen molar-refractivity contribution in [1.29, 1.82) is 0 Å². The summed E-state index contributed by atoms with van der Waals surface area (Å²) in [7, 11) is 0. The van der Waals surface area contributed by atoms with Gasteiger partial charge in [0.15, 0.2) is 6.10 Å².